The van der Waals surface area contributed by atoms with Gasteiger partial charge in [-0.15, -0.1) is 0 Å². The Balaban J connectivity index is 3.21. The lowest BCUT2D eigenvalue weighted by atomic mass is 10.3. The molecule has 23 heavy (non-hydrogen) atoms. The molecule has 0 saturated carbocycles. The first-order valence-electron chi connectivity index (χ1n) is 4.87. The van der Waals surface area contributed by atoms with Gasteiger partial charge in [0, 0.05) is 9.64 Å². The lowest BCUT2D eigenvalue weighted by molar-refractivity contribution is -0.0502. The molecular weight excluding hydrogens is 497 g/mol. The molecule has 0 spiro atoms. The van der Waals surface area contributed by atoms with Gasteiger partial charge in [0.15, 0.2) is 0 Å². The lowest BCUT2D eigenvalue weighted by Crippen LogP contribution is -2.29. The van der Waals surface area contributed by atoms with Crippen LogP contribution in [0.25, 0.3) is 0 Å². The van der Waals surface area contributed by atoms with Crippen molar-refractivity contribution in [1.29, 1.82) is 0 Å². The first-order chi connectivity index (χ1) is 10.1. The van der Waals surface area contributed by atoms with Crippen LogP contribution >= 0.6 is 22.6 Å². The monoisotopic (exact) mass is 500 g/mol. The van der Waals surface area contributed by atoms with Crippen molar-refractivity contribution >= 4 is 42.8 Å². The Morgan fingerprint density at radius 3 is 1.30 bits per heavy atom. The van der Waals surface area contributed by atoms with E-state index in [2.05, 4.69) is 8.37 Å². The van der Waals surface area contributed by atoms with Crippen molar-refractivity contribution in [3.05, 3.63) is 21.8 Å². The van der Waals surface area contributed by atoms with Gasteiger partial charge in [0.05, 0.1) is 0 Å². The van der Waals surface area contributed by atoms with Crippen molar-refractivity contribution in [2.45, 2.75) is 11.0 Å². The van der Waals surface area contributed by atoms with Gasteiger partial charge in [0.2, 0.25) is 0 Å². The third kappa shape index (κ3) is 5.00. The molecule has 0 amide bonds. The summed E-state index contributed by atoms with van der Waals surface area (Å²) in [6.45, 7) is 0. The summed E-state index contributed by atoms with van der Waals surface area (Å²) in [6.07, 6.45) is 0. The Hall–Kier alpha value is -0.970. The van der Waals surface area contributed by atoms with Crippen molar-refractivity contribution in [2.24, 2.45) is 0 Å². The van der Waals surface area contributed by atoms with E-state index in [0.717, 1.165) is 0 Å². The average molecular weight is 500 g/mol. The summed E-state index contributed by atoms with van der Waals surface area (Å²) in [4.78, 5) is 0. The quantitative estimate of drug-likeness (QED) is 0.274. The summed E-state index contributed by atoms with van der Waals surface area (Å²) < 4.78 is 123. The molecule has 0 aliphatic carbocycles. The fraction of sp³-hybridized carbons (Fsp3) is 0.250. The molecule has 6 nitrogen and oxygen atoms in total. The van der Waals surface area contributed by atoms with E-state index in [1.807, 2.05) is 0 Å². The molecule has 0 heterocycles. The largest absolute Gasteiger partial charge is 0.534 e. The van der Waals surface area contributed by atoms with E-state index in [1.165, 1.54) is 22.6 Å². The van der Waals surface area contributed by atoms with Crippen molar-refractivity contribution < 1.29 is 51.5 Å². The number of alkyl halides is 6. The number of halogens is 7. The summed E-state index contributed by atoms with van der Waals surface area (Å²) in [7, 11) is -12.2. The molecule has 15 heteroatoms. The standard InChI is InChI=1S/C8H3F6IO6S2/c9-7(10,11)22(16,17)20-5-1-4(15)2-6(3-5)21-23(18,19)8(12,13)14/h1-3H. The minimum atomic E-state index is -6.09. The molecule has 0 fully saturated rings. The normalized spacial score (nSPS) is 13.7. The second kappa shape index (κ2) is 6.15. The Bertz CT molecular complexity index is 733. The van der Waals surface area contributed by atoms with Gasteiger partial charge in [-0.25, -0.2) is 0 Å². The molecule has 0 N–H and O–H groups in total. The first kappa shape index (κ1) is 20.1. The number of hydrogen-bond acceptors (Lipinski definition) is 6. The van der Waals surface area contributed by atoms with Crippen molar-refractivity contribution in [2.75, 3.05) is 0 Å². The second-order valence-electron chi connectivity index (χ2n) is 3.59. The Labute approximate surface area is 138 Å². The van der Waals surface area contributed by atoms with Gasteiger partial charge in [-0.05, 0) is 34.7 Å². The van der Waals surface area contributed by atoms with Crippen LogP contribution in [0.2, 0.25) is 0 Å². The van der Waals surface area contributed by atoms with E-state index in [0.29, 0.717) is 12.1 Å². The third-order valence-corrected chi connectivity index (χ3v) is 4.40. The molecule has 0 atom stereocenters. The van der Waals surface area contributed by atoms with Crippen molar-refractivity contribution in [3.8, 4) is 11.5 Å². The average Bonchev–Trinajstić information content (AvgIpc) is 2.22. The molecule has 0 radical (unpaired) electrons. The highest BCUT2D eigenvalue weighted by molar-refractivity contribution is 14.1. The lowest BCUT2D eigenvalue weighted by Gasteiger charge is -2.12. The predicted molar refractivity (Wildman–Crippen MR) is 70.4 cm³/mol. The number of hydrogen-bond donors (Lipinski definition) is 0. The van der Waals surface area contributed by atoms with Crippen LogP contribution in [0.4, 0.5) is 26.3 Å². The van der Waals surface area contributed by atoms with Crippen LogP contribution < -0.4 is 8.37 Å². The molecule has 0 aliphatic heterocycles. The van der Waals surface area contributed by atoms with Gasteiger partial charge in [0.25, 0.3) is 0 Å². The summed E-state index contributed by atoms with van der Waals surface area (Å²) in [5.41, 5.74) is -11.6. The Kier molecular flexibility index (Phi) is 5.37. The van der Waals surface area contributed by atoms with E-state index in [9.17, 15) is 43.2 Å². The minimum Gasteiger partial charge on any atom is -0.376 e. The van der Waals surface area contributed by atoms with Gasteiger partial charge in [-0.1, -0.05) is 0 Å². The van der Waals surface area contributed by atoms with E-state index >= 15 is 0 Å². The zero-order valence-corrected chi connectivity index (χ0v) is 13.9. The van der Waals surface area contributed by atoms with Crippen molar-refractivity contribution in [1.82, 2.24) is 0 Å². The summed E-state index contributed by atoms with van der Waals surface area (Å²) in [6, 6.07) is 1.66. The van der Waals surface area contributed by atoms with E-state index in [-0.39, 0.29) is 9.64 Å². The molecule has 1 rings (SSSR count). The van der Waals surface area contributed by atoms with Gasteiger partial charge in [-0.3, -0.25) is 0 Å². The van der Waals surface area contributed by atoms with Crippen LogP contribution in [-0.4, -0.2) is 27.9 Å². The molecule has 0 saturated heterocycles. The second-order valence-corrected chi connectivity index (χ2v) is 7.91. The van der Waals surface area contributed by atoms with Crippen LogP contribution in [0, 0.1) is 3.57 Å². The maximum absolute atomic E-state index is 12.2. The summed E-state index contributed by atoms with van der Waals surface area (Å²) in [5.74, 6) is -2.16. The molecular formula is C8H3F6IO6S2. The Morgan fingerprint density at radius 2 is 1.04 bits per heavy atom. The smallest absolute Gasteiger partial charge is 0.376 e. The molecule has 0 aromatic heterocycles. The maximum atomic E-state index is 12.2. The molecule has 132 valence electrons. The summed E-state index contributed by atoms with van der Waals surface area (Å²) >= 11 is 1.36. The maximum Gasteiger partial charge on any atom is 0.534 e. The predicted octanol–water partition coefficient (Wildman–Crippen LogP) is 2.75. The fourth-order valence-corrected chi connectivity index (χ4v) is 2.48. The van der Waals surface area contributed by atoms with Crippen LogP contribution in [0.15, 0.2) is 18.2 Å². The van der Waals surface area contributed by atoms with Crippen molar-refractivity contribution in [3.63, 3.8) is 0 Å². The Morgan fingerprint density at radius 1 is 0.739 bits per heavy atom. The number of rotatable bonds is 4. The highest BCUT2D eigenvalue weighted by atomic mass is 127. The molecule has 1 aromatic rings. The van der Waals surface area contributed by atoms with Gasteiger partial charge in [-0.2, -0.15) is 43.2 Å². The molecule has 0 aliphatic rings. The minimum absolute atomic E-state index is 0.148. The zero-order chi connectivity index (χ0) is 18.3. The fourth-order valence-electron chi connectivity index (χ4n) is 0.981. The molecule has 1 aromatic carbocycles. The number of benzene rings is 1. The van der Waals surface area contributed by atoms with Crippen LogP contribution in [0.5, 0.6) is 11.5 Å². The molecule has 0 bridgehead atoms. The summed E-state index contributed by atoms with van der Waals surface area (Å²) in [5, 5.41) is 0. The first-order valence-corrected chi connectivity index (χ1v) is 8.77. The topological polar surface area (TPSA) is 86.7 Å². The van der Waals surface area contributed by atoms with Gasteiger partial charge >= 0.3 is 31.3 Å². The highest BCUT2D eigenvalue weighted by Crippen LogP contribution is 2.33. The zero-order valence-electron chi connectivity index (χ0n) is 10.1. The van der Waals surface area contributed by atoms with Crippen LogP contribution in [0.3, 0.4) is 0 Å². The van der Waals surface area contributed by atoms with Gasteiger partial charge < -0.3 is 8.37 Å². The molecule has 0 unspecified atom stereocenters. The highest BCUT2D eigenvalue weighted by Gasteiger charge is 2.49. The van der Waals surface area contributed by atoms with E-state index < -0.39 is 42.8 Å². The van der Waals surface area contributed by atoms with Crippen LogP contribution in [-0.2, 0) is 20.2 Å². The SMILES string of the molecule is O=S(=O)(Oc1cc(I)cc(OS(=O)(=O)C(F)(F)F)c1)C(F)(F)F. The van der Waals surface area contributed by atoms with E-state index in [4.69, 9.17) is 0 Å². The van der Waals surface area contributed by atoms with E-state index in [1.54, 1.807) is 0 Å². The van der Waals surface area contributed by atoms with Gasteiger partial charge in [0.1, 0.15) is 11.5 Å². The third-order valence-electron chi connectivity index (χ3n) is 1.82. The van der Waals surface area contributed by atoms with Crippen LogP contribution in [0.1, 0.15) is 0 Å².